The van der Waals surface area contributed by atoms with Crippen LogP contribution in [0.2, 0.25) is 0 Å². The van der Waals surface area contributed by atoms with E-state index >= 15 is 0 Å². The molecule has 90 valence electrons. The molecule has 2 atom stereocenters. The lowest BCUT2D eigenvalue weighted by Crippen LogP contribution is -2.42. The maximum absolute atomic E-state index is 9.72. The van der Waals surface area contributed by atoms with Crippen LogP contribution in [0, 0.1) is 0 Å². The molecule has 1 fully saturated rings. The van der Waals surface area contributed by atoms with Crippen LogP contribution in [0.25, 0.3) is 0 Å². The summed E-state index contributed by atoms with van der Waals surface area (Å²) in [6, 6.07) is 0.317. The Labute approximate surface area is 93.2 Å². The van der Waals surface area contributed by atoms with Gasteiger partial charge in [0.25, 0.3) is 0 Å². The van der Waals surface area contributed by atoms with Gasteiger partial charge in [0.15, 0.2) is 0 Å². The van der Waals surface area contributed by atoms with E-state index in [2.05, 4.69) is 19.2 Å². The Morgan fingerprint density at radius 1 is 1.33 bits per heavy atom. The van der Waals surface area contributed by atoms with Crippen LogP contribution < -0.4 is 5.32 Å². The first-order valence-electron chi connectivity index (χ1n) is 6.23. The number of rotatable bonds is 6. The molecule has 0 aromatic carbocycles. The molecule has 15 heavy (non-hydrogen) atoms. The Morgan fingerprint density at radius 3 is 2.73 bits per heavy atom. The maximum atomic E-state index is 9.72. The number of hydrogen-bond donors (Lipinski definition) is 2. The summed E-state index contributed by atoms with van der Waals surface area (Å²) in [5.41, 5.74) is 0. The van der Waals surface area contributed by atoms with Crippen LogP contribution in [-0.4, -0.2) is 36.5 Å². The number of nitrogens with one attached hydrogen (secondary N) is 1. The van der Waals surface area contributed by atoms with E-state index in [4.69, 9.17) is 4.74 Å². The minimum Gasteiger partial charge on any atom is -0.392 e. The van der Waals surface area contributed by atoms with Crippen molar-refractivity contribution in [2.75, 3.05) is 13.2 Å². The first-order valence-corrected chi connectivity index (χ1v) is 6.23. The van der Waals surface area contributed by atoms with Gasteiger partial charge in [0.1, 0.15) is 0 Å². The van der Waals surface area contributed by atoms with E-state index in [0.29, 0.717) is 12.1 Å². The van der Waals surface area contributed by atoms with Crippen molar-refractivity contribution < 1.29 is 9.84 Å². The molecule has 0 saturated heterocycles. The van der Waals surface area contributed by atoms with Crippen molar-refractivity contribution >= 4 is 0 Å². The third-order valence-corrected chi connectivity index (χ3v) is 2.91. The normalized spacial score (nSPS) is 27.2. The van der Waals surface area contributed by atoms with Crippen molar-refractivity contribution in [1.82, 2.24) is 5.32 Å². The number of ether oxygens (including phenoxy) is 1. The highest BCUT2D eigenvalue weighted by atomic mass is 16.5. The Hall–Kier alpha value is -0.120. The average Bonchev–Trinajstić information content (AvgIpc) is 2.20. The summed E-state index contributed by atoms with van der Waals surface area (Å²) in [7, 11) is 0. The molecule has 0 unspecified atom stereocenters. The van der Waals surface area contributed by atoms with E-state index in [1.165, 1.54) is 12.8 Å². The number of hydrogen-bond acceptors (Lipinski definition) is 3. The highest BCUT2D eigenvalue weighted by Gasteiger charge is 2.21. The Kier molecular flexibility index (Phi) is 6.22. The van der Waals surface area contributed by atoms with Gasteiger partial charge < -0.3 is 15.2 Å². The molecular weight excluding hydrogens is 190 g/mol. The average molecular weight is 215 g/mol. The van der Waals surface area contributed by atoms with E-state index < -0.39 is 0 Å². The van der Waals surface area contributed by atoms with Crippen LogP contribution in [0.3, 0.4) is 0 Å². The van der Waals surface area contributed by atoms with Crippen molar-refractivity contribution in [1.29, 1.82) is 0 Å². The maximum Gasteiger partial charge on any atom is 0.0693 e. The predicted molar refractivity (Wildman–Crippen MR) is 62.0 cm³/mol. The predicted octanol–water partition coefficient (Wildman–Crippen LogP) is 1.69. The molecule has 0 amide bonds. The van der Waals surface area contributed by atoms with Crippen molar-refractivity contribution in [2.45, 2.75) is 64.2 Å². The molecule has 1 aliphatic carbocycles. The molecule has 1 saturated carbocycles. The Morgan fingerprint density at radius 2 is 2.07 bits per heavy atom. The third kappa shape index (κ3) is 5.50. The van der Waals surface area contributed by atoms with E-state index in [0.717, 1.165) is 32.4 Å². The van der Waals surface area contributed by atoms with Gasteiger partial charge in [-0.15, -0.1) is 0 Å². The van der Waals surface area contributed by atoms with Gasteiger partial charge in [-0.3, -0.25) is 0 Å². The van der Waals surface area contributed by atoms with Crippen LogP contribution in [0.4, 0.5) is 0 Å². The summed E-state index contributed by atoms with van der Waals surface area (Å²) in [5, 5.41) is 13.1. The van der Waals surface area contributed by atoms with E-state index in [9.17, 15) is 5.11 Å². The molecule has 0 aromatic rings. The quantitative estimate of drug-likeness (QED) is 0.663. The summed E-state index contributed by atoms with van der Waals surface area (Å²) in [6.45, 7) is 5.87. The molecule has 1 aliphatic rings. The molecule has 3 nitrogen and oxygen atoms in total. The Balaban J connectivity index is 1.99. The second-order valence-corrected chi connectivity index (χ2v) is 4.69. The zero-order valence-electron chi connectivity index (χ0n) is 10.0. The Bertz CT molecular complexity index is 162. The lowest BCUT2D eigenvalue weighted by molar-refractivity contribution is 0.0694. The van der Waals surface area contributed by atoms with Crippen LogP contribution >= 0.6 is 0 Å². The van der Waals surface area contributed by atoms with Crippen LogP contribution in [-0.2, 0) is 4.74 Å². The number of aliphatic hydroxyl groups excluding tert-OH is 1. The lowest BCUT2D eigenvalue weighted by atomic mass is 9.92. The minimum absolute atomic E-state index is 0.134. The fraction of sp³-hybridized carbons (Fsp3) is 1.00. The highest BCUT2D eigenvalue weighted by Crippen LogP contribution is 2.18. The van der Waals surface area contributed by atoms with Gasteiger partial charge in [-0.25, -0.2) is 0 Å². The smallest absolute Gasteiger partial charge is 0.0693 e. The fourth-order valence-corrected chi connectivity index (χ4v) is 2.03. The lowest BCUT2D eigenvalue weighted by Gasteiger charge is -2.28. The molecule has 0 radical (unpaired) electrons. The SMILES string of the molecule is CC(C)OCCCN[C@H]1CCCC[C@@H]1O. The molecule has 0 spiro atoms. The first kappa shape index (κ1) is 12.9. The van der Waals surface area contributed by atoms with Gasteiger partial charge in [-0.2, -0.15) is 0 Å². The van der Waals surface area contributed by atoms with Crippen LogP contribution in [0.5, 0.6) is 0 Å². The first-order chi connectivity index (χ1) is 7.20. The molecule has 2 N–H and O–H groups in total. The highest BCUT2D eigenvalue weighted by molar-refractivity contribution is 4.79. The summed E-state index contributed by atoms with van der Waals surface area (Å²) in [6.07, 6.45) is 5.72. The molecule has 3 heteroatoms. The van der Waals surface area contributed by atoms with Gasteiger partial charge in [0.05, 0.1) is 12.2 Å². The summed E-state index contributed by atoms with van der Waals surface area (Å²) in [5.74, 6) is 0. The minimum atomic E-state index is -0.134. The largest absolute Gasteiger partial charge is 0.392 e. The molecule has 0 aliphatic heterocycles. The van der Waals surface area contributed by atoms with Gasteiger partial charge in [0, 0.05) is 12.6 Å². The fourth-order valence-electron chi connectivity index (χ4n) is 2.03. The van der Waals surface area contributed by atoms with Crippen molar-refractivity contribution in [3.8, 4) is 0 Å². The van der Waals surface area contributed by atoms with Gasteiger partial charge in [-0.05, 0) is 39.7 Å². The van der Waals surface area contributed by atoms with Crippen molar-refractivity contribution in [2.24, 2.45) is 0 Å². The zero-order chi connectivity index (χ0) is 11.1. The summed E-state index contributed by atoms with van der Waals surface area (Å²) in [4.78, 5) is 0. The van der Waals surface area contributed by atoms with Crippen molar-refractivity contribution in [3.05, 3.63) is 0 Å². The topological polar surface area (TPSA) is 41.5 Å². The van der Waals surface area contributed by atoms with Crippen LogP contribution in [0.15, 0.2) is 0 Å². The zero-order valence-corrected chi connectivity index (χ0v) is 10.0. The standard InChI is InChI=1S/C12H25NO2/c1-10(2)15-9-5-8-13-11-6-3-4-7-12(11)14/h10-14H,3-9H2,1-2H3/t11-,12-/m0/s1. The van der Waals surface area contributed by atoms with Crippen LogP contribution in [0.1, 0.15) is 46.0 Å². The molecule has 0 bridgehead atoms. The monoisotopic (exact) mass is 215 g/mol. The van der Waals surface area contributed by atoms with E-state index in [-0.39, 0.29) is 6.10 Å². The second-order valence-electron chi connectivity index (χ2n) is 4.69. The second kappa shape index (κ2) is 7.20. The summed E-state index contributed by atoms with van der Waals surface area (Å²) >= 11 is 0. The van der Waals surface area contributed by atoms with Gasteiger partial charge in [0.2, 0.25) is 0 Å². The van der Waals surface area contributed by atoms with Crippen molar-refractivity contribution in [3.63, 3.8) is 0 Å². The van der Waals surface area contributed by atoms with Gasteiger partial charge in [-0.1, -0.05) is 12.8 Å². The molecule has 0 heterocycles. The molecule has 1 rings (SSSR count). The van der Waals surface area contributed by atoms with Gasteiger partial charge >= 0.3 is 0 Å². The summed E-state index contributed by atoms with van der Waals surface area (Å²) < 4.78 is 5.46. The van der Waals surface area contributed by atoms with E-state index in [1.54, 1.807) is 0 Å². The third-order valence-electron chi connectivity index (χ3n) is 2.91. The molecule has 0 aromatic heterocycles. The molecular formula is C12H25NO2. The van der Waals surface area contributed by atoms with E-state index in [1.807, 2.05) is 0 Å². The number of aliphatic hydroxyl groups is 1.